The highest BCUT2D eigenvalue weighted by Gasteiger charge is 2.18. The first kappa shape index (κ1) is 20.1. The Hall–Kier alpha value is -2.67. The molecule has 150 valence electrons. The summed E-state index contributed by atoms with van der Waals surface area (Å²) in [7, 11) is 0. The third-order valence-electron chi connectivity index (χ3n) is 5.30. The SMILES string of the molecule is CC(=O)c1c(C)nn(CCCN2CCN(c3cccc(C)c3)CC2)c(=O)c1N. The second-order valence-electron chi connectivity index (χ2n) is 7.48. The maximum absolute atomic E-state index is 12.4. The molecule has 28 heavy (non-hydrogen) atoms. The van der Waals surface area contributed by atoms with Gasteiger partial charge in [-0.25, -0.2) is 4.68 Å². The van der Waals surface area contributed by atoms with E-state index in [1.165, 1.54) is 22.9 Å². The van der Waals surface area contributed by atoms with Gasteiger partial charge in [-0.15, -0.1) is 0 Å². The van der Waals surface area contributed by atoms with Gasteiger partial charge in [0.05, 0.1) is 11.3 Å². The van der Waals surface area contributed by atoms with Gasteiger partial charge in [0.1, 0.15) is 5.69 Å². The summed E-state index contributed by atoms with van der Waals surface area (Å²) in [6.45, 7) is 10.6. The van der Waals surface area contributed by atoms with Gasteiger partial charge in [0.2, 0.25) is 0 Å². The summed E-state index contributed by atoms with van der Waals surface area (Å²) in [5.74, 6) is -0.224. The van der Waals surface area contributed by atoms with Gasteiger partial charge in [0.15, 0.2) is 5.78 Å². The second-order valence-corrected chi connectivity index (χ2v) is 7.48. The highest BCUT2D eigenvalue weighted by atomic mass is 16.1. The first-order valence-corrected chi connectivity index (χ1v) is 9.79. The number of ketones is 1. The quantitative estimate of drug-likeness (QED) is 0.767. The molecule has 0 amide bonds. The van der Waals surface area contributed by atoms with Gasteiger partial charge in [-0.3, -0.25) is 14.5 Å². The van der Waals surface area contributed by atoms with Crippen LogP contribution in [-0.2, 0) is 6.54 Å². The van der Waals surface area contributed by atoms with Crippen molar-refractivity contribution in [1.29, 1.82) is 0 Å². The molecule has 2 heterocycles. The molecule has 1 aromatic heterocycles. The lowest BCUT2D eigenvalue weighted by Crippen LogP contribution is -2.46. The molecule has 2 N–H and O–H groups in total. The Bertz CT molecular complexity index is 913. The Balaban J connectivity index is 1.53. The van der Waals surface area contributed by atoms with E-state index in [1.54, 1.807) is 6.92 Å². The zero-order chi connectivity index (χ0) is 20.3. The van der Waals surface area contributed by atoms with Crippen LogP contribution in [0.2, 0.25) is 0 Å². The van der Waals surface area contributed by atoms with Crippen LogP contribution < -0.4 is 16.2 Å². The van der Waals surface area contributed by atoms with Gasteiger partial charge < -0.3 is 10.6 Å². The van der Waals surface area contributed by atoms with Gasteiger partial charge in [-0.2, -0.15) is 5.10 Å². The Morgan fingerprint density at radius 3 is 2.50 bits per heavy atom. The third-order valence-corrected chi connectivity index (χ3v) is 5.30. The van der Waals surface area contributed by atoms with Crippen molar-refractivity contribution in [2.24, 2.45) is 0 Å². The monoisotopic (exact) mass is 383 g/mol. The number of aryl methyl sites for hydroxylation is 3. The standard InChI is InChI=1S/C21H29N5O2/c1-15-6-4-7-18(14-15)25-12-10-24(11-13-25)8-5-9-26-21(28)20(22)19(17(3)27)16(2)23-26/h4,6-7,14H,5,8-13,22H2,1-3H3. The molecule has 0 spiro atoms. The van der Waals surface area contributed by atoms with Crippen molar-refractivity contribution >= 4 is 17.2 Å². The average Bonchev–Trinajstić information content (AvgIpc) is 2.66. The topological polar surface area (TPSA) is 84.5 Å². The van der Waals surface area contributed by atoms with E-state index in [2.05, 4.69) is 46.1 Å². The number of aromatic nitrogens is 2. The molecule has 0 radical (unpaired) electrons. The van der Waals surface area contributed by atoms with Crippen molar-refractivity contribution in [2.45, 2.75) is 33.7 Å². The fourth-order valence-electron chi connectivity index (χ4n) is 3.81. The zero-order valence-corrected chi connectivity index (χ0v) is 16.9. The van der Waals surface area contributed by atoms with E-state index < -0.39 is 0 Å². The van der Waals surface area contributed by atoms with E-state index in [4.69, 9.17) is 5.73 Å². The molecule has 1 aromatic carbocycles. The van der Waals surface area contributed by atoms with Gasteiger partial charge in [0.25, 0.3) is 5.56 Å². The molecule has 0 bridgehead atoms. The van der Waals surface area contributed by atoms with Crippen LogP contribution in [0.25, 0.3) is 0 Å². The molecule has 0 atom stereocenters. The van der Waals surface area contributed by atoms with E-state index >= 15 is 0 Å². The molecule has 0 unspecified atom stereocenters. The van der Waals surface area contributed by atoms with E-state index in [1.807, 2.05) is 0 Å². The van der Waals surface area contributed by atoms with E-state index in [0.717, 1.165) is 39.1 Å². The number of nitrogens with two attached hydrogens (primary N) is 1. The fourth-order valence-corrected chi connectivity index (χ4v) is 3.81. The smallest absolute Gasteiger partial charge is 0.290 e. The summed E-state index contributed by atoms with van der Waals surface area (Å²) in [6, 6.07) is 8.61. The Morgan fingerprint density at radius 2 is 1.86 bits per heavy atom. The Kier molecular flexibility index (Phi) is 6.14. The van der Waals surface area contributed by atoms with E-state index in [9.17, 15) is 9.59 Å². The highest BCUT2D eigenvalue weighted by Crippen LogP contribution is 2.18. The van der Waals surface area contributed by atoms with Gasteiger partial charge >= 0.3 is 0 Å². The van der Waals surface area contributed by atoms with Crippen LogP contribution in [0.4, 0.5) is 11.4 Å². The molecule has 1 aliphatic rings. The summed E-state index contributed by atoms with van der Waals surface area (Å²) in [5.41, 5.74) is 8.82. The number of Topliss-reactive ketones (excluding diaryl/α,β-unsaturated/α-hetero) is 1. The molecule has 3 rings (SSSR count). The van der Waals surface area contributed by atoms with Crippen LogP contribution in [0.3, 0.4) is 0 Å². The van der Waals surface area contributed by atoms with Gasteiger partial charge in [0, 0.05) is 45.0 Å². The lowest BCUT2D eigenvalue weighted by Gasteiger charge is -2.36. The van der Waals surface area contributed by atoms with Crippen LogP contribution in [-0.4, -0.2) is 53.2 Å². The third kappa shape index (κ3) is 4.42. The summed E-state index contributed by atoms with van der Waals surface area (Å²) in [6.07, 6.45) is 0.815. The summed E-state index contributed by atoms with van der Waals surface area (Å²) >= 11 is 0. The normalized spacial score (nSPS) is 15.0. The van der Waals surface area contributed by atoms with Crippen molar-refractivity contribution in [3.8, 4) is 0 Å². The summed E-state index contributed by atoms with van der Waals surface area (Å²) < 4.78 is 1.39. The van der Waals surface area contributed by atoms with Crippen molar-refractivity contribution in [2.75, 3.05) is 43.4 Å². The predicted molar refractivity (Wildman–Crippen MR) is 112 cm³/mol. The molecular weight excluding hydrogens is 354 g/mol. The first-order chi connectivity index (χ1) is 13.4. The molecule has 1 aliphatic heterocycles. The number of nitrogens with zero attached hydrogens (tertiary/aromatic N) is 4. The Morgan fingerprint density at radius 1 is 1.14 bits per heavy atom. The van der Waals surface area contributed by atoms with Crippen LogP contribution in [0.1, 0.15) is 35.0 Å². The molecule has 7 heteroatoms. The number of carbonyl (C=O) groups is 1. The lowest BCUT2D eigenvalue weighted by molar-refractivity contribution is 0.101. The number of piperazine rings is 1. The molecular formula is C21H29N5O2. The number of carbonyl (C=O) groups excluding carboxylic acids is 1. The maximum atomic E-state index is 12.4. The van der Waals surface area contributed by atoms with Crippen molar-refractivity contribution in [3.05, 3.63) is 51.4 Å². The molecule has 1 fully saturated rings. The molecule has 2 aromatic rings. The average molecular weight is 383 g/mol. The fraction of sp³-hybridized carbons (Fsp3) is 0.476. The van der Waals surface area contributed by atoms with Crippen LogP contribution >= 0.6 is 0 Å². The van der Waals surface area contributed by atoms with Crippen LogP contribution in [0.5, 0.6) is 0 Å². The first-order valence-electron chi connectivity index (χ1n) is 9.79. The minimum absolute atomic E-state index is 0.00627. The second kappa shape index (κ2) is 8.56. The number of hydrogen-bond acceptors (Lipinski definition) is 6. The number of benzene rings is 1. The molecule has 0 aliphatic carbocycles. The van der Waals surface area contributed by atoms with Gasteiger partial charge in [-0.05, 0) is 44.9 Å². The predicted octanol–water partition coefficient (Wildman–Crippen LogP) is 1.86. The van der Waals surface area contributed by atoms with Crippen molar-refractivity contribution in [1.82, 2.24) is 14.7 Å². The largest absolute Gasteiger partial charge is 0.394 e. The van der Waals surface area contributed by atoms with Crippen molar-refractivity contribution < 1.29 is 4.79 Å². The number of nitrogen functional groups attached to an aromatic ring is 1. The molecule has 0 saturated carbocycles. The number of rotatable bonds is 6. The van der Waals surface area contributed by atoms with Crippen LogP contribution in [0.15, 0.2) is 29.1 Å². The van der Waals surface area contributed by atoms with Crippen LogP contribution in [0, 0.1) is 13.8 Å². The van der Waals surface area contributed by atoms with E-state index in [0.29, 0.717) is 12.2 Å². The number of hydrogen-bond donors (Lipinski definition) is 1. The minimum atomic E-state index is -0.375. The molecule has 1 saturated heterocycles. The number of anilines is 2. The maximum Gasteiger partial charge on any atom is 0.290 e. The lowest BCUT2D eigenvalue weighted by atomic mass is 10.1. The minimum Gasteiger partial charge on any atom is -0.394 e. The summed E-state index contributed by atoms with van der Waals surface area (Å²) in [5, 5.41) is 4.27. The van der Waals surface area contributed by atoms with E-state index in [-0.39, 0.29) is 22.6 Å². The Labute approximate surface area is 165 Å². The summed E-state index contributed by atoms with van der Waals surface area (Å²) in [4.78, 5) is 28.8. The molecule has 7 nitrogen and oxygen atoms in total. The highest BCUT2D eigenvalue weighted by molar-refractivity contribution is 5.99. The van der Waals surface area contributed by atoms with Gasteiger partial charge in [-0.1, -0.05) is 12.1 Å². The van der Waals surface area contributed by atoms with Crippen molar-refractivity contribution in [3.63, 3.8) is 0 Å². The zero-order valence-electron chi connectivity index (χ0n) is 16.9.